The van der Waals surface area contributed by atoms with Gasteiger partial charge in [-0.05, 0) is 17.7 Å². The Morgan fingerprint density at radius 2 is 2.00 bits per heavy atom. The number of nitrogens with one attached hydrogen (secondary N) is 1. The second kappa shape index (κ2) is 7.16. The fraction of sp³-hybridized carbons (Fsp3) is 0.231. The van der Waals surface area contributed by atoms with Crippen LogP contribution in [0.5, 0.6) is 0 Å². The standard InChI is InChI=1S/C13H14Cl2N2O2/c1-17(2)12(19)8-16-11(18)7-6-9-4-3-5-10(14)13(9)15/h3-7H,8H2,1-2H3,(H,16,18)/b7-6+. The molecule has 0 aliphatic rings. The molecule has 102 valence electrons. The molecule has 0 unspecified atom stereocenters. The largest absolute Gasteiger partial charge is 0.347 e. The Balaban J connectivity index is 2.59. The van der Waals surface area contributed by atoms with Crippen LogP contribution < -0.4 is 5.32 Å². The molecule has 0 atom stereocenters. The molecule has 0 aliphatic carbocycles. The van der Waals surface area contributed by atoms with E-state index in [1.165, 1.54) is 11.0 Å². The summed E-state index contributed by atoms with van der Waals surface area (Å²) in [4.78, 5) is 24.2. The third-order valence-electron chi connectivity index (χ3n) is 2.31. The molecule has 1 aromatic carbocycles. The highest BCUT2D eigenvalue weighted by Crippen LogP contribution is 2.26. The number of nitrogens with zero attached hydrogens (tertiary/aromatic N) is 1. The maximum atomic E-state index is 11.5. The molecule has 0 saturated carbocycles. The van der Waals surface area contributed by atoms with E-state index < -0.39 is 0 Å². The molecular formula is C13H14Cl2N2O2. The maximum Gasteiger partial charge on any atom is 0.244 e. The van der Waals surface area contributed by atoms with Gasteiger partial charge in [-0.25, -0.2) is 0 Å². The first-order valence-corrected chi connectivity index (χ1v) is 6.27. The van der Waals surface area contributed by atoms with Crippen molar-refractivity contribution in [3.8, 4) is 0 Å². The maximum absolute atomic E-state index is 11.5. The first-order valence-electron chi connectivity index (χ1n) is 5.52. The predicted octanol–water partition coefficient (Wildman–Crippen LogP) is 2.21. The van der Waals surface area contributed by atoms with Crippen molar-refractivity contribution in [1.82, 2.24) is 10.2 Å². The average molecular weight is 301 g/mol. The number of likely N-dealkylation sites (N-methyl/N-ethyl adjacent to an activating group) is 1. The van der Waals surface area contributed by atoms with Crippen LogP contribution >= 0.6 is 23.2 Å². The van der Waals surface area contributed by atoms with Gasteiger partial charge in [-0.15, -0.1) is 0 Å². The average Bonchev–Trinajstić information content (AvgIpc) is 2.37. The molecule has 0 bridgehead atoms. The molecule has 4 nitrogen and oxygen atoms in total. The van der Waals surface area contributed by atoms with Crippen LogP contribution in [-0.2, 0) is 9.59 Å². The van der Waals surface area contributed by atoms with E-state index in [-0.39, 0.29) is 18.4 Å². The van der Waals surface area contributed by atoms with E-state index in [4.69, 9.17) is 23.2 Å². The minimum absolute atomic E-state index is 0.0422. The highest BCUT2D eigenvalue weighted by molar-refractivity contribution is 6.42. The predicted molar refractivity (Wildman–Crippen MR) is 77.2 cm³/mol. The smallest absolute Gasteiger partial charge is 0.244 e. The second-order valence-electron chi connectivity index (χ2n) is 3.98. The first-order chi connectivity index (χ1) is 8.91. The molecular weight excluding hydrogens is 287 g/mol. The van der Waals surface area contributed by atoms with Crippen molar-refractivity contribution in [2.24, 2.45) is 0 Å². The van der Waals surface area contributed by atoms with Gasteiger partial charge in [0.15, 0.2) is 0 Å². The Labute approximate surface area is 122 Å². The second-order valence-corrected chi connectivity index (χ2v) is 4.77. The molecule has 6 heteroatoms. The van der Waals surface area contributed by atoms with Crippen molar-refractivity contribution >= 4 is 41.1 Å². The minimum atomic E-state index is -0.369. The van der Waals surface area contributed by atoms with E-state index in [0.29, 0.717) is 15.6 Å². The topological polar surface area (TPSA) is 49.4 Å². The number of carbonyl (C=O) groups is 2. The van der Waals surface area contributed by atoms with Crippen LogP contribution in [0.25, 0.3) is 6.08 Å². The minimum Gasteiger partial charge on any atom is -0.347 e. The Bertz CT molecular complexity index is 513. The SMILES string of the molecule is CN(C)C(=O)CNC(=O)/C=C/c1cccc(Cl)c1Cl. The number of amides is 2. The number of rotatable bonds is 4. The normalized spacial score (nSPS) is 10.5. The lowest BCUT2D eigenvalue weighted by atomic mass is 10.2. The molecule has 19 heavy (non-hydrogen) atoms. The third kappa shape index (κ3) is 4.93. The molecule has 0 saturated heterocycles. The van der Waals surface area contributed by atoms with E-state index >= 15 is 0 Å². The summed E-state index contributed by atoms with van der Waals surface area (Å²) in [6.45, 7) is -0.0422. The lowest BCUT2D eigenvalue weighted by Gasteiger charge is -2.09. The summed E-state index contributed by atoms with van der Waals surface area (Å²) in [6.07, 6.45) is 2.85. The summed E-state index contributed by atoms with van der Waals surface area (Å²) in [7, 11) is 3.24. The third-order valence-corrected chi connectivity index (χ3v) is 3.14. The first kappa shape index (κ1) is 15.5. The van der Waals surface area contributed by atoms with Crippen LogP contribution in [0, 0.1) is 0 Å². The molecule has 0 heterocycles. The Kier molecular flexibility index (Phi) is 5.86. The van der Waals surface area contributed by atoms with Crippen molar-refractivity contribution in [2.75, 3.05) is 20.6 Å². The van der Waals surface area contributed by atoms with Gasteiger partial charge in [0.2, 0.25) is 11.8 Å². The van der Waals surface area contributed by atoms with Crippen molar-refractivity contribution in [3.63, 3.8) is 0 Å². The Morgan fingerprint density at radius 3 is 2.63 bits per heavy atom. The molecule has 0 aromatic heterocycles. The van der Waals surface area contributed by atoms with Gasteiger partial charge in [0.25, 0.3) is 0 Å². The fourth-order valence-corrected chi connectivity index (χ4v) is 1.57. The molecule has 0 spiro atoms. The molecule has 1 rings (SSSR count). The Morgan fingerprint density at radius 1 is 1.32 bits per heavy atom. The fourth-order valence-electron chi connectivity index (χ4n) is 1.19. The Hall–Kier alpha value is -1.52. The molecule has 0 fully saturated rings. The lowest BCUT2D eigenvalue weighted by Crippen LogP contribution is -2.35. The van der Waals surface area contributed by atoms with E-state index in [1.54, 1.807) is 38.4 Å². The van der Waals surface area contributed by atoms with Crippen molar-refractivity contribution < 1.29 is 9.59 Å². The zero-order valence-electron chi connectivity index (χ0n) is 10.6. The van der Waals surface area contributed by atoms with Gasteiger partial charge in [-0.2, -0.15) is 0 Å². The number of hydrogen-bond acceptors (Lipinski definition) is 2. The number of halogens is 2. The van der Waals surface area contributed by atoms with Crippen molar-refractivity contribution in [1.29, 1.82) is 0 Å². The van der Waals surface area contributed by atoms with Crippen LogP contribution in [0.4, 0.5) is 0 Å². The van der Waals surface area contributed by atoms with Gasteiger partial charge in [0.1, 0.15) is 0 Å². The number of hydrogen-bond donors (Lipinski definition) is 1. The van der Waals surface area contributed by atoms with Crippen LogP contribution in [-0.4, -0.2) is 37.4 Å². The monoisotopic (exact) mass is 300 g/mol. The highest BCUT2D eigenvalue weighted by Gasteiger charge is 2.05. The van der Waals surface area contributed by atoms with Crippen LogP contribution in [0.1, 0.15) is 5.56 Å². The summed E-state index contributed by atoms with van der Waals surface area (Å²) < 4.78 is 0. The molecule has 1 N–H and O–H groups in total. The van der Waals surface area contributed by atoms with Crippen LogP contribution in [0.2, 0.25) is 10.0 Å². The van der Waals surface area contributed by atoms with Gasteiger partial charge in [-0.3, -0.25) is 9.59 Å². The zero-order valence-corrected chi connectivity index (χ0v) is 12.1. The van der Waals surface area contributed by atoms with Crippen molar-refractivity contribution in [2.45, 2.75) is 0 Å². The number of benzene rings is 1. The van der Waals surface area contributed by atoms with E-state index in [9.17, 15) is 9.59 Å². The van der Waals surface area contributed by atoms with Gasteiger partial charge in [-0.1, -0.05) is 35.3 Å². The van der Waals surface area contributed by atoms with Gasteiger partial charge in [0, 0.05) is 20.2 Å². The number of carbonyl (C=O) groups excluding carboxylic acids is 2. The zero-order chi connectivity index (χ0) is 14.4. The van der Waals surface area contributed by atoms with Crippen molar-refractivity contribution in [3.05, 3.63) is 39.9 Å². The van der Waals surface area contributed by atoms with Crippen LogP contribution in [0.15, 0.2) is 24.3 Å². The molecule has 0 aliphatic heterocycles. The summed E-state index contributed by atoms with van der Waals surface area (Å²) >= 11 is 11.8. The summed E-state index contributed by atoms with van der Waals surface area (Å²) in [5.74, 6) is -0.547. The van der Waals surface area contributed by atoms with Crippen LogP contribution in [0.3, 0.4) is 0 Å². The van der Waals surface area contributed by atoms with Gasteiger partial charge < -0.3 is 10.2 Å². The van der Waals surface area contributed by atoms with E-state index in [2.05, 4.69) is 5.32 Å². The van der Waals surface area contributed by atoms with E-state index in [0.717, 1.165) is 0 Å². The summed E-state index contributed by atoms with van der Waals surface area (Å²) in [6, 6.07) is 5.14. The quantitative estimate of drug-likeness (QED) is 0.867. The van der Waals surface area contributed by atoms with Gasteiger partial charge in [0.05, 0.1) is 16.6 Å². The highest BCUT2D eigenvalue weighted by atomic mass is 35.5. The lowest BCUT2D eigenvalue weighted by molar-refractivity contribution is -0.129. The van der Waals surface area contributed by atoms with E-state index in [1.807, 2.05) is 0 Å². The summed E-state index contributed by atoms with van der Waals surface area (Å²) in [5, 5.41) is 3.28. The molecule has 0 radical (unpaired) electrons. The molecule has 2 amide bonds. The van der Waals surface area contributed by atoms with Gasteiger partial charge >= 0.3 is 0 Å². The molecule has 1 aromatic rings. The summed E-state index contributed by atoms with van der Waals surface area (Å²) in [5.41, 5.74) is 0.642.